The van der Waals surface area contributed by atoms with E-state index in [0.29, 0.717) is 0 Å². The highest BCUT2D eigenvalue weighted by molar-refractivity contribution is 5.51. The fraction of sp³-hybridized carbons (Fsp3) is 0.571. The molecule has 0 heterocycles. The van der Waals surface area contributed by atoms with Gasteiger partial charge in [0.05, 0.1) is 0 Å². The van der Waals surface area contributed by atoms with E-state index < -0.39 is 0 Å². The Labute approximate surface area is 92.9 Å². The van der Waals surface area contributed by atoms with Gasteiger partial charge in [-0.25, -0.2) is 0 Å². The fourth-order valence-corrected chi connectivity index (χ4v) is 2.13. The van der Waals surface area contributed by atoms with Crippen molar-refractivity contribution >= 4 is 5.69 Å². The van der Waals surface area contributed by atoms with Crippen LogP contribution in [-0.2, 0) is 6.42 Å². The zero-order valence-electron chi connectivity index (χ0n) is 9.63. The van der Waals surface area contributed by atoms with Crippen molar-refractivity contribution in [1.29, 1.82) is 0 Å². The van der Waals surface area contributed by atoms with Crippen LogP contribution < -0.4 is 5.32 Å². The lowest BCUT2D eigenvalue weighted by Gasteiger charge is -2.26. The molecule has 0 radical (unpaired) electrons. The van der Waals surface area contributed by atoms with Gasteiger partial charge >= 0.3 is 0 Å². The van der Waals surface area contributed by atoms with Crippen LogP contribution in [0.3, 0.4) is 0 Å². The second-order valence-corrected chi connectivity index (χ2v) is 4.58. The van der Waals surface area contributed by atoms with Crippen molar-refractivity contribution in [2.24, 2.45) is 5.92 Å². The Hall–Kier alpha value is -0.980. The van der Waals surface area contributed by atoms with Crippen LogP contribution in [0.1, 0.15) is 38.2 Å². The van der Waals surface area contributed by atoms with Crippen molar-refractivity contribution in [2.75, 3.05) is 11.9 Å². The molecule has 1 nitrogen and oxygen atoms in total. The molecule has 1 heteroatoms. The number of hydrogen-bond acceptors (Lipinski definition) is 1. The van der Waals surface area contributed by atoms with E-state index >= 15 is 0 Å². The summed E-state index contributed by atoms with van der Waals surface area (Å²) < 4.78 is 0. The van der Waals surface area contributed by atoms with Crippen molar-refractivity contribution in [3.63, 3.8) is 0 Å². The van der Waals surface area contributed by atoms with Crippen LogP contribution in [0.5, 0.6) is 0 Å². The zero-order chi connectivity index (χ0) is 10.5. The van der Waals surface area contributed by atoms with Gasteiger partial charge in [0.15, 0.2) is 0 Å². The molecule has 0 spiro atoms. The number of benzene rings is 1. The molecule has 0 amide bonds. The number of rotatable bonds is 5. The molecule has 1 N–H and O–H groups in total. The number of para-hydroxylation sites is 1. The summed E-state index contributed by atoms with van der Waals surface area (Å²) in [4.78, 5) is 0. The molecule has 1 saturated carbocycles. The second kappa shape index (κ2) is 5.20. The van der Waals surface area contributed by atoms with E-state index in [0.717, 1.165) is 5.92 Å². The molecule has 0 bridgehead atoms. The van der Waals surface area contributed by atoms with Crippen LogP contribution in [0, 0.1) is 5.92 Å². The van der Waals surface area contributed by atoms with E-state index in [1.54, 1.807) is 0 Å². The summed E-state index contributed by atoms with van der Waals surface area (Å²) in [6.45, 7) is 3.41. The molecule has 1 aromatic carbocycles. The minimum Gasteiger partial charge on any atom is -0.385 e. The SMILES string of the molecule is CCCc1ccccc1NCC1CCC1. The zero-order valence-corrected chi connectivity index (χ0v) is 9.63. The number of aryl methyl sites for hydroxylation is 1. The molecule has 1 aromatic rings. The number of anilines is 1. The fourth-order valence-electron chi connectivity index (χ4n) is 2.13. The predicted molar refractivity (Wildman–Crippen MR) is 66.3 cm³/mol. The molecule has 0 aliphatic heterocycles. The van der Waals surface area contributed by atoms with Crippen LogP contribution >= 0.6 is 0 Å². The Bertz CT molecular complexity index is 302. The first-order valence-corrected chi connectivity index (χ1v) is 6.22. The minimum atomic E-state index is 0.930. The van der Waals surface area contributed by atoms with Gasteiger partial charge in [-0.2, -0.15) is 0 Å². The standard InChI is InChI=1S/C14H21N/c1-2-6-13-9-3-4-10-14(13)15-11-12-7-5-8-12/h3-4,9-10,12,15H,2,5-8,11H2,1H3. The highest BCUT2D eigenvalue weighted by Gasteiger charge is 2.16. The summed E-state index contributed by atoms with van der Waals surface area (Å²) in [5.74, 6) is 0.930. The van der Waals surface area contributed by atoms with Crippen molar-refractivity contribution in [1.82, 2.24) is 0 Å². The Morgan fingerprint density at radius 3 is 2.73 bits per heavy atom. The Morgan fingerprint density at radius 2 is 2.07 bits per heavy atom. The van der Waals surface area contributed by atoms with Gasteiger partial charge < -0.3 is 5.32 Å². The van der Waals surface area contributed by atoms with Gasteiger partial charge in [0, 0.05) is 12.2 Å². The molecular weight excluding hydrogens is 182 g/mol. The highest BCUT2D eigenvalue weighted by Crippen LogP contribution is 2.27. The molecular formula is C14H21N. The molecule has 0 atom stereocenters. The second-order valence-electron chi connectivity index (χ2n) is 4.58. The Balaban J connectivity index is 1.92. The van der Waals surface area contributed by atoms with Crippen molar-refractivity contribution < 1.29 is 0 Å². The maximum absolute atomic E-state index is 3.60. The summed E-state index contributed by atoms with van der Waals surface area (Å²) in [6, 6.07) is 8.72. The molecule has 2 rings (SSSR count). The van der Waals surface area contributed by atoms with Crippen LogP contribution in [0.15, 0.2) is 24.3 Å². The lowest BCUT2D eigenvalue weighted by atomic mass is 9.85. The van der Waals surface area contributed by atoms with Gasteiger partial charge in [0.25, 0.3) is 0 Å². The van der Waals surface area contributed by atoms with Crippen molar-refractivity contribution in [2.45, 2.75) is 39.0 Å². The van der Waals surface area contributed by atoms with Crippen LogP contribution in [0.4, 0.5) is 5.69 Å². The van der Waals surface area contributed by atoms with E-state index in [1.165, 1.54) is 49.9 Å². The van der Waals surface area contributed by atoms with E-state index in [4.69, 9.17) is 0 Å². The normalized spacial score (nSPS) is 16.1. The van der Waals surface area contributed by atoms with Crippen molar-refractivity contribution in [3.8, 4) is 0 Å². The molecule has 0 unspecified atom stereocenters. The van der Waals surface area contributed by atoms with E-state index in [-0.39, 0.29) is 0 Å². The monoisotopic (exact) mass is 203 g/mol. The quantitative estimate of drug-likeness (QED) is 0.766. The van der Waals surface area contributed by atoms with Gasteiger partial charge in [0.2, 0.25) is 0 Å². The number of hydrogen-bond donors (Lipinski definition) is 1. The number of nitrogens with one attached hydrogen (secondary N) is 1. The van der Waals surface area contributed by atoms with Gasteiger partial charge in [0.1, 0.15) is 0 Å². The summed E-state index contributed by atoms with van der Waals surface area (Å²) in [5, 5.41) is 3.60. The molecule has 0 saturated heterocycles. The van der Waals surface area contributed by atoms with Gasteiger partial charge in [-0.05, 0) is 36.8 Å². The average molecular weight is 203 g/mol. The molecule has 1 aliphatic rings. The summed E-state index contributed by atoms with van der Waals surface area (Å²) in [6.07, 6.45) is 6.69. The highest BCUT2D eigenvalue weighted by atomic mass is 14.9. The van der Waals surface area contributed by atoms with Crippen LogP contribution in [0.2, 0.25) is 0 Å². The van der Waals surface area contributed by atoms with E-state index in [2.05, 4.69) is 36.5 Å². The average Bonchev–Trinajstić information content (AvgIpc) is 2.18. The van der Waals surface area contributed by atoms with E-state index in [9.17, 15) is 0 Å². The lowest BCUT2D eigenvalue weighted by molar-refractivity contribution is 0.333. The first-order chi connectivity index (χ1) is 7.40. The third-order valence-corrected chi connectivity index (χ3v) is 3.34. The third-order valence-electron chi connectivity index (χ3n) is 3.34. The van der Waals surface area contributed by atoms with Gasteiger partial charge in [-0.1, -0.05) is 38.0 Å². The molecule has 15 heavy (non-hydrogen) atoms. The summed E-state index contributed by atoms with van der Waals surface area (Å²) in [5.41, 5.74) is 2.82. The lowest BCUT2D eigenvalue weighted by Crippen LogP contribution is -2.21. The molecule has 82 valence electrons. The topological polar surface area (TPSA) is 12.0 Å². The molecule has 0 aromatic heterocycles. The summed E-state index contributed by atoms with van der Waals surface area (Å²) in [7, 11) is 0. The van der Waals surface area contributed by atoms with Crippen LogP contribution in [-0.4, -0.2) is 6.54 Å². The minimum absolute atomic E-state index is 0.930. The first-order valence-electron chi connectivity index (χ1n) is 6.22. The largest absolute Gasteiger partial charge is 0.385 e. The third kappa shape index (κ3) is 2.74. The van der Waals surface area contributed by atoms with Gasteiger partial charge in [-0.3, -0.25) is 0 Å². The Morgan fingerprint density at radius 1 is 1.27 bits per heavy atom. The summed E-state index contributed by atoms with van der Waals surface area (Å²) >= 11 is 0. The molecule has 1 aliphatic carbocycles. The maximum atomic E-state index is 3.60. The maximum Gasteiger partial charge on any atom is 0.0372 e. The Kier molecular flexibility index (Phi) is 3.65. The van der Waals surface area contributed by atoms with Gasteiger partial charge in [-0.15, -0.1) is 0 Å². The molecule has 1 fully saturated rings. The van der Waals surface area contributed by atoms with Crippen molar-refractivity contribution in [3.05, 3.63) is 29.8 Å². The van der Waals surface area contributed by atoms with Crippen LogP contribution in [0.25, 0.3) is 0 Å². The predicted octanol–water partition coefficient (Wildman–Crippen LogP) is 3.85. The first kappa shape index (κ1) is 10.5. The smallest absolute Gasteiger partial charge is 0.0372 e. The van der Waals surface area contributed by atoms with E-state index in [1.807, 2.05) is 0 Å².